The van der Waals surface area contributed by atoms with E-state index in [9.17, 15) is 4.79 Å². The molecule has 0 radical (unpaired) electrons. The first-order valence-corrected chi connectivity index (χ1v) is 8.93. The van der Waals surface area contributed by atoms with Gasteiger partial charge >= 0.3 is 0 Å². The summed E-state index contributed by atoms with van der Waals surface area (Å²) in [6, 6.07) is 7.93. The smallest absolute Gasteiger partial charge is 0.243 e. The van der Waals surface area contributed by atoms with Crippen LogP contribution in [-0.4, -0.2) is 75.7 Å². The second-order valence-corrected chi connectivity index (χ2v) is 6.65. The van der Waals surface area contributed by atoms with Crippen molar-refractivity contribution in [2.45, 2.75) is 25.5 Å². The number of carbonyl (C=O) groups is 1. The zero-order chi connectivity index (χ0) is 18.9. The molecule has 1 aliphatic heterocycles. The number of aliphatic imine (C=N–C) groups is 1. The van der Waals surface area contributed by atoms with Crippen LogP contribution in [0.25, 0.3) is 0 Å². The van der Waals surface area contributed by atoms with Crippen molar-refractivity contribution in [3.63, 3.8) is 0 Å². The lowest BCUT2D eigenvalue weighted by Crippen LogP contribution is -2.42. The van der Waals surface area contributed by atoms with Crippen molar-refractivity contribution in [1.82, 2.24) is 15.1 Å². The maximum atomic E-state index is 11.9. The Morgan fingerprint density at radius 2 is 2.00 bits per heavy atom. The highest BCUT2D eigenvalue weighted by molar-refractivity contribution is 14.0. The number of nitrogens with zero attached hydrogens (tertiary/aromatic N) is 3. The molecule has 0 aromatic heterocycles. The van der Waals surface area contributed by atoms with Crippen LogP contribution in [-0.2, 0) is 16.1 Å². The molecule has 27 heavy (non-hydrogen) atoms. The summed E-state index contributed by atoms with van der Waals surface area (Å²) in [6.07, 6.45) is 2.36. The lowest BCUT2D eigenvalue weighted by Gasteiger charge is -2.24. The number of hydrogen-bond donors (Lipinski definition) is 1. The van der Waals surface area contributed by atoms with Crippen LogP contribution in [0.4, 0.5) is 0 Å². The quantitative estimate of drug-likeness (QED) is 0.360. The number of benzene rings is 1. The topological polar surface area (TPSA) is 66.4 Å². The number of guanidine groups is 1. The van der Waals surface area contributed by atoms with Gasteiger partial charge in [0.25, 0.3) is 0 Å². The fourth-order valence-electron chi connectivity index (χ4n) is 2.69. The van der Waals surface area contributed by atoms with Gasteiger partial charge in [0.1, 0.15) is 12.3 Å². The van der Waals surface area contributed by atoms with E-state index in [1.165, 1.54) is 0 Å². The summed E-state index contributed by atoms with van der Waals surface area (Å²) < 4.78 is 10.9. The monoisotopic (exact) mass is 490 g/mol. The van der Waals surface area contributed by atoms with Crippen molar-refractivity contribution in [3.8, 4) is 5.75 Å². The van der Waals surface area contributed by atoms with Gasteiger partial charge in [-0.05, 0) is 30.5 Å². The molecular formula is C19H31IN4O3. The number of hydrogen-bond acceptors (Lipinski definition) is 4. The SMILES string of the molecule is COc1ccc(CN(C)C(=NCC(=O)N(C)C)NCC2CCCO2)cc1.I. The summed E-state index contributed by atoms with van der Waals surface area (Å²) in [7, 11) is 7.09. The molecule has 0 aliphatic carbocycles. The fraction of sp³-hybridized carbons (Fsp3) is 0.579. The van der Waals surface area contributed by atoms with E-state index in [0.717, 1.165) is 30.8 Å². The number of methoxy groups -OCH3 is 1. The van der Waals surface area contributed by atoms with Crippen molar-refractivity contribution in [1.29, 1.82) is 0 Å². The van der Waals surface area contributed by atoms with Crippen LogP contribution in [0.2, 0.25) is 0 Å². The van der Waals surface area contributed by atoms with Crippen LogP contribution in [0.3, 0.4) is 0 Å². The summed E-state index contributed by atoms with van der Waals surface area (Å²) in [4.78, 5) is 19.9. The second kappa shape index (κ2) is 12.0. The summed E-state index contributed by atoms with van der Waals surface area (Å²) in [5.74, 6) is 1.50. The summed E-state index contributed by atoms with van der Waals surface area (Å²) in [5.41, 5.74) is 1.14. The van der Waals surface area contributed by atoms with Gasteiger partial charge in [0.05, 0.1) is 13.2 Å². The lowest BCUT2D eigenvalue weighted by atomic mass is 10.2. The Labute approximate surface area is 179 Å². The highest BCUT2D eigenvalue weighted by atomic mass is 127. The molecule has 1 atom stereocenters. The molecule has 1 fully saturated rings. The molecule has 1 unspecified atom stereocenters. The number of amides is 1. The average molecular weight is 490 g/mol. The minimum absolute atomic E-state index is 0. The van der Waals surface area contributed by atoms with Gasteiger partial charge in [-0.1, -0.05) is 12.1 Å². The minimum atomic E-state index is -0.0285. The normalized spacial score (nSPS) is 16.4. The molecule has 2 rings (SSSR count). The van der Waals surface area contributed by atoms with Gasteiger partial charge in [-0.2, -0.15) is 0 Å². The molecule has 1 aromatic rings. The van der Waals surface area contributed by atoms with Crippen molar-refractivity contribution >= 4 is 35.8 Å². The third-order valence-electron chi connectivity index (χ3n) is 4.32. The molecule has 0 bridgehead atoms. The molecule has 7 nitrogen and oxygen atoms in total. The van der Waals surface area contributed by atoms with Gasteiger partial charge in [0, 0.05) is 40.8 Å². The van der Waals surface area contributed by atoms with Crippen LogP contribution in [0, 0.1) is 0 Å². The molecule has 1 aliphatic rings. The van der Waals surface area contributed by atoms with Crippen molar-refractivity contribution < 1.29 is 14.3 Å². The van der Waals surface area contributed by atoms with Crippen LogP contribution in [0.5, 0.6) is 5.75 Å². The van der Waals surface area contributed by atoms with Gasteiger partial charge in [0.15, 0.2) is 5.96 Å². The summed E-state index contributed by atoms with van der Waals surface area (Å²) in [6.45, 7) is 2.31. The third-order valence-corrected chi connectivity index (χ3v) is 4.32. The Morgan fingerprint density at radius 3 is 2.56 bits per heavy atom. The van der Waals surface area contributed by atoms with Crippen molar-refractivity contribution in [3.05, 3.63) is 29.8 Å². The van der Waals surface area contributed by atoms with Crippen LogP contribution >= 0.6 is 24.0 Å². The number of ether oxygens (including phenoxy) is 2. The molecule has 8 heteroatoms. The second-order valence-electron chi connectivity index (χ2n) is 6.65. The van der Waals surface area contributed by atoms with Crippen LogP contribution in [0.15, 0.2) is 29.3 Å². The third kappa shape index (κ3) is 7.92. The van der Waals surface area contributed by atoms with Gasteiger partial charge in [-0.3, -0.25) is 4.79 Å². The molecule has 152 valence electrons. The van der Waals surface area contributed by atoms with Crippen LogP contribution < -0.4 is 10.1 Å². The fourth-order valence-corrected chi connectivity index (χ4v) is 2.69. The first-order chi connectivity index (χ1) is 12.5. The van der Waals surface area contributed by atoms with Gasteiger partial charge < -0.3 is 24.6 Å². The van der Waals surface area contributed by atoms with E-state index in [4.69, 9.17) is 9.47 Å². The van der Waals surface area contributed by atoms with Crippen molar-refractivity contribution in [2.24, 2.45) is 4.99 Å². The van der Waals surface area contributed by atoms with E-state index in [-0.39, 0.29) is 42.5 Å². The average Bonchev–Trinajstić information content (AvgIpc) is 3.15. The van der Waals surface area contributed by atoms with E-state index >= 15 is 0 Å². The maximum Gasteiger partial charge on any atom is 0.243 e. The zero-order valence-electron chi connectivity index (χ0n) is 16.6. The Balaban J connectivity index is 0.00000364. The molecule has 0 saturated carbocycles. The number of carbonyl (C=O) groups excluding carboxylic acids is 1. The van der Waals surface area contributed by atoms with E-state index in [1.807, 2.05) is 36.2 Å². The zero-order valence-corrected chi connectivity index (χ0v) is 18.9. The maximum absolute atomic E-state index is 11.9. The minimum Gasteiger partial charge on any atom is -0.497 e. The molecular weight excluding hydrogens is 459 g/mol. The molecule has 1 N–H and O–H groups in total. The van der Waals surface area contributed by atoms with Gasteiger partial charge in [-0.15, -0.1) is 24.0 Å². The van der Waals surface area contributed by atoms with Gasteiger partial charge in [-0.25, -0.2) is 4.99 Å². The Kier molecular flexibility index (Phi) is 10.5. The Hall–Kier alpha value is -1.55. The van der Waals surface area contributed by atoms with E-state index in [1.54, 1.807) is 26.1 Å². The summed E-state index contributed by atoms with van der Waals surface area (Å²) in [5, 5.41) is 3.35. The Bertz CT molecular complexity index is 601. The predicted octanol–water partition coefficient (Wildman–Crippen LogP) is 1.96. The molecule has 0 spiro atoms. The number of nitrogens with one attached hydrogen (secondary N) is 1. The highest BCUT2D eigenvalue weighted by Gasteiger charge is 2.17. The highest BCUT2D eigenvalue weighted by Crippen LogP contribution is 2.13. The predicted molar refractivity (Wildman–Crippen MR) is 118 cm³/mol. The molecule has 1 amide bonds. The molecule has 1 saturated heterocycles. The van der Waals surface area contributed by atoms with Gasteiger partial charge in [0.2, 0.25) is 5.91 Å². The standard InChI is InChI=1S/C19H30N4O3.HI/c1-22(2)18(24)13-21-19(20-12-17-6-5-11-26-17)23(3)14-15-7-9-16(25-4)10-8-15;/h7-10,17H,5-6,11-14H2,1-4H3,(H,20,21);1H. The lowest BCUT2D eigenvalue weighted by molar-refractivity contribution is -0.127. The molecule has 1 heterocycles. The van der Waals surface area contributed by atoms with E-state index in [2.05, 4.69) is 10.3 Å². The number of rotatable bonds is 7. The number of halogens is 1. The van der Waals surface area contributed by atoms with E-state index < -0.39 is 0 Å². The first kappa shape index (κ1) is 23.5. The summed E-state index contributed by atoms with van der Waals surface area (Å²) >= 11 is 0. The van der Waals surface area contributed by atoms with E-state index in [0.29, 0.717) is 19.0 Å². The first-order valence-electron chi connectivity index (χ1n) is 8.93. The molecule has 1 aromatic carbocycles. The largest absolute Gasteiger partial charge is 0.497 e. The number of likely N-dealkylation sites (N-methyl/N-ethyl adjacent to an activating group) is 1. The van der Waals surface area contributed by atoms with Crippen molar-refractivity contribution in [2.75, 3.05) is 47.9 Å². The Morgan fingerprint density at radius 1 is 1.30 bits per heavy atom. The van der Waals surface area contributed by atoms with Crippen LogP contribution in [0.1, 0.15) is 18.4 Å².